The van der Waals surface area contributed by atoms with Gasteiger partial charge in [-0.2, -0.15) is 0 Å². The second-order valence-electron chi connectivity index (χ2n) is 5.66. The molecule has 0 aromatic carbocycles. The number of piperazine rings is 1. The minimum absolute atomic E-state index is 0.0818. The van der Waals surface area contributed by atoms with Crippen LogP contribution in [-0.2, 0) is 0 Å². The zero-order valence-corrected chi connectivity index (χ0v) is 13.6. The Bertz CT molecular complexity index is 573. The van der Waals surface area contributed by atoms with Gasteiger partial charge >= 0.3 is 0 Å². The normalized spacial score (nSPS) is 22.6. The number of carbonyl (C=O) groups excluding carboxylic acids is 1. The number of nitrogens with zero attached hydrogens (tertiary/aromatic N) is 3. The predicted octanol–water partition coefficient (Wildman–Crippen LogP) is 2.15. The summed E-state index contributed by atoms with van der Waals surface area (Å²) in [4.78, 5) is 21.3. The van der Waals surface area contributed by atoms with E-state index in [0.717, 1.165) is 43.7 Å². The highest BCUT2D eigenvalue weighted by Gasteiger charge is 2.28. The van der Waals surface area contributed by atoms with E-state index >= 15 is 0 Å². The Labute approximate surface area is 129 Å². The number of hydrogen-bond acceptors (Lipinski definition) is 5. The second-order valence-corrected chi connectivity index (χ2v) is 7.06. The molecule has 1 atom stereocenters. The maximum Gasteiger partial charge on any atom is 0.257 e. The van der Waals surface area contributed by atoms with Crippen molar-refractivity contribution in [3.05, 3.63) is 23.2 Å². The number of carbonyl (C=O) groups is 1. The van der Waals surface area contributed by atoms with Gasteiger partial charge in [0.15, 0.2) is 5.17 Å². The van der Waals surface area contributed by atoms with Gasteiger partial charge in [0.2, 0.25) is 0 Å². The Morgan fingerprint density at radius 2 is 2.05 bits per heavy atom. The van der Waals surface area contributed by atoms with Crippen LogP contribution in [0.25, 0.3) is 0 Å². The molecule has 2 aliphatic heterocycles. The molecule has 1 aromatic heterocycles. The average molecular weight is 307 g/mol. The van der Waals surface area contributed by atoms with E-state index < -0.39 is 0 Å². The number of aliphatic imine (C=N–C) groups is 1. The lowest BCUT2D eigenvalue weighted by atomic mass is 10.2. The summed E-state index contributed by atoms with van der Waals surface area (Å²) in [5, 5.41) is 1.72. The van der Waals surface area contributed by atoms with Crippen LogP contribution in [-0.4, -0.2) is 58.8 Å². The third-order valence-corrected chi connectivity index (χ3v) is 5.05. The Morgan fingerprint density at radius 3 is 2.57 bits per heavy atom. The molecule has 0 saturated carbocycles. The summed E-state index contributed by atoms with van der Waals surface area (Å²) in [5.41, 5.74) is 0.696. The van der Waals surface area contributed by atoms with Crippen molar-refractivity contribution in [2.75, 3.05) is 32.7 Å². The predicted molar refractivity (Wildman–Crippen MR) is 85.0 cm³/mol. The van der Waals surface area contributed by atoms with E-state index in [2.05, 4.69) is 16.8 Å². The lowest BCUT2D eigenvalue weighted by Gasteiger charge is -2.35. The standard InChI is InChI=1S/C15H21N3O2S/c1-10-8-13(12(3)20-10)14(19)17-4-6-18(7-5-17)15-16-9-11(2)21-15/h8,11H,4-7,9H2,1-3H3/t11-/m1/s1. The van der Waals surface area contributed by atoms with Gasteiger partial charge in [-0.3, -0.25) is 9.79 Å². The molecule has 0 N–H and O–H groups in total. The summed E-state index contributed by atoms with van der Waals surface area (Å²) in [7, 11) is 0. The molecule has 3 heterocycles. The van der Waals surface area contributed by atoms with Crippen molar-refractivity contribution >= 4 is 22.8 Å². The zero-order valence-electron chi connectivity index (χ0n) is 12.8. The average Bonchev–Trinajstić information content (AvgIpc) is 3.04. The highest BCUT2D eigenvalue weighted by atomic mass is 32.2. The number of thioether (sulfide) groups is 1. The van der Waals surface area contributed by atoms with Crippen LogP contribution in [0.4, 0.5) is 0 Å². The molecule has 0 spiro atoms. The minimum atomic E-state index is 0.0818. The van der Waals surface area contributed by atoms with Gasteiger partial charge in [-0.05, 0) is 19.9 Å². The third-order valence-electron chi connectivity index (χ3n) is 3.90. The number of hydrogen-bond donors (Lipinski definition) is 0. The van der Waals surface area contributed by atoms with E-state index in [1.54, 1.807) is 0 Å². The molecule has 3 rings (SSSR count). The fourth-order valence-corrected chi connectivity index (χ4v) is 3.74. The number of amidine groups is 1. The van der Waals surface area contributed by atoms with Crippen LogP contribution < -0.4 is 0 Å². The van der Waals surface area contributed by atoms with Crippen molar-refractivity contribution in [1.29, 1.82) is 0 Å². The minimum Gasteiger partial charge on any atom is -0.466 e. The molecule has 1 aromatic rings. The van der Waals surface area contributed by atoms with Gasteiger partial charge in [0.1, 0.15) is 11.5 Å². The summed E-state index contributed by atoms with van der Waals surface area (Å²) in [6.07, 6.45) is 0. The molecular formula is C15H21N3O2S. The van der Waals surface area contributed by atoms with Crippen LogP contribution in [0.1, 0.15) is 28.8 Å². The monoisotopic (exact) mass is 307 g/mol. The van der Waals surface area contributed by atoms with E-state index in [-0.39, 0.29) is 5.91 Å². The second kappa shape index (κ2) is 5.75. The Balaban J connectivity index is 1.61. The van der Waals surface area contributed by atoms with Crippen LogP contribution in [0.5, 0.6) is 0 Å². The molecule has 1 fully saturated rings. The van der Waals surface area contributed by atoms with E-state index in [4.69, 9.17) is 4.42 Å². The fourth-order valence-electron chi connectivity index (χ4n) is 2.75. The Hall–Kier alpha value is -1.43. The summed E-state index contributed by atoms with van der Waals surface area (Å²) in [6.45, 7) is 10.0. The fraction of sp³-hybridized carbons (Fsp3) is 0.600. The molecule has 1 saturated heterocycles. The summed E-state index contributed by atoms with van der Waals surface area (Å²) >= 11 is 1.84. The molecule has 0 aliphatic carbocycles. The number of rotatable bonds is 1. The van der Waals surface area contributed by atoms with Crippen molar-refractivity contribution in [2.45, 2.75) is 26.0 Å². The Morgan fingerprint density at radius 1 is 1.33 bits per heavy atom. The molecule has 0 unspecified atom stereocenters. The Kier molecular flexibility index (Phi) is 3.97. The van der Waals surface area contributed by atoms with Gasteiger partial charge in [0.05, 0.1) is 12.1 Å². The van der Waals surface area contributed by atoms with Crippen molar-refractivity contribution < 1.29 is 9.21 Å². The van der Waals surface area contributed by atoms with Gasteiger partial charge in [-0.25, -0.2) is 0 Å². The van der Waals surface area contributed by atoms with Crippen molar-refractivity contribution in [3.8, 4) is 0 Å². The van der Waals surface area contributed by atoms with E-state index in [1.807, 2.05) is 36.6 Å². The summed E-state index contributed by atoms with van der Waals surface area (Å²) < 4.78 is 5.46. The van der Waals surface area contributed by atoms with Crippen LogP contribution >= 0.6 is 11.8 Å². The van der Waals surface area contributed by atoms with Crippen LogP contribution in [0.3, 0.4) is 0 Å². The molecule has 21 heavy (non-hydrogen) atoms. The SMILES string of the molecule is Cc1cc(C(=O)N2CCN(C3=NC[C@@H](C)S3)CC2)c(C)o1. The molecular weight excluding hydrogens is 286 g/mol. The first kappa shape index (κ1) is 14.5. The van der Waals surface area contributed by atoms with Crippen LogP contribution in [0.15, 0.2) is 15.5 Å². The maximum absolute atomic E-state index is 12.5. The van der Waals surface area contributed by atoms with Crippen molar-refractivity contribution in [2.24, 2.45) is 4.99 Å². The lowest BCUT2D eigenvalue weighted by molar-refractivity contribution is 0.0692. The molecule has 2 aliphatic rings. The molecule has 0 radical (unpaired) electrons. The van der Waals surface area contributed by atoms with E-state index in [1.165, 1.54) is 0 Å². The quantitative estimate of drug-likeness (QED) is 0.797. The number of aryl methyl sites for hydroxylation is 2. The summed E-state index contributed by atoms with van der Waals surface area (Å²) in [5.74, 6) is 1.59. The van der Waals surface area contributed by atoms with Crippen LogP contribution in [0.2, 0.25) is 0 Å². The van der Waals surface area contributed by atoms with Crippen molar-refractivity contribution in [3.63, 3.8) is 0 Å². The van der Waals surface area contributed by atoms with Crippen molar-refractivity contribution in [1.82, 2.24) is 9.80 Å². The maximum atomic E-state index is 12.5. The molecule has 0 bridgehead atoms. The number of furan rings is 1. The molecule has 6 heteroatoms. The van der Waals surface area contributed by atoms with Gasteiger partial charge in [-0.1, -0.05) is 18.7 Å². The first-order valence-corrected chi connectivity index (χ1v) is 8.25. The van der Waals surface area contributed by atoms with Gasteiger partial charge in [0, 0.05) is 31.4 Å². The molecule has 114 valence electrons. The van der Waals surface area contributed by atoms with Gasteiger partial charge in [0.25, 0.3) is 5.91 Å². The number of amides is 1. The highest BCUT2D eigenvalue weighted by molar-refractivity contribution is 8.14. The van der Waals surface area contributed by atoms with E-state index in [9.17, 15) is 4.79 Å². The molecule has 5 nitrogen and oxygen atoms in total. The lowest BCUT2D eigenvalue weighted by Crippen LogP contribution is -2.49. The zero-order chi connectivity index (χ0) is 15.0. The smallest absolute Gasteiger partial charge is 0.257 e. The molecule has 1 amide bonds. The van der Waals surface area contributed by atoms with E-state index in [0.29, 0.717) is 16.6 Å². The van der Waals surface area contributed by atoms with Gasteiger partial charge in [-0.15, -0.1) is 0 Å². The highest BCUT2D eigenvalue weighted by Crippen LogP contribution is 2.24. The topological polar surface area (TPSA) is 49.1 Å². The largest absolute Gasteiger partial charge is 0.466 e. The van der Waals surface area contributed by atoms with Crippen LogP contribution in [0, 0.1) is 13.8 Å². The summed E-state index contributed by atoms with van der Waals surface area (Å²) in [6, 6.07) is 1.84. The third kappa shape index (κ3) is 2.95. The first-order valence-electron chi connectivity index (χ1n) is 7.37. The van der Waals surface area contributed by atoms with Gasteiger partial charge < -0.3 is 14.2 Å². The first-order chi connectivity index (χ1) is 10.0.